The Hall–Kier alpha value is -2.63. The minimum absolute atomic E-state index is 0.463. The van der Waals surface area contributed by atoms with Gasteiger partial charge in [0.05, 0.1) is 5.69 Å². The SMILES string of the molecule is C[C@@H](c1ccccc1)N1CCN(Cc2ccnc(-c3cccnc3)n2)CC1. The van der Waals surface area contributed by atoms with E-state index in [2.05, 4.69) is 57.0 Å². The molecule has 5 heteroatoms. The number of piperazine rings is 1. The highest BCUT2D eigenvalue weighted by Gasteiger charge is 2.22. The third kappa shape index (κ3) is 4.38. The van der Waals surface area contributed by atoms with E-state index in [-0.39, 0.29) is 0 Å². The molecule has 0 amide bonds. The monoisotopic (exact) mass is 359 g/mol. The molecule has 4 rings (SSSR count). The van der Waals surface area contributed by atoms with E-state index in [1.807, 2.05) is 30.6 Å². The predicted octanol–water partition coefficient (Wildman–Crippen LogP) is 3.42. The summed E-state index contributed by atoms with van der Waals surface area (Å²) in [5.74, 6) is 0.747. The van der Waals surface area contributed by atoms with Crippen LogP contribution in [-0.4, -0.2) is 50.9 Å². The van der Waals surface area contributed by atoms with Crippen molar-refractivity contribution in [3.63, 3.8) is 0 Å². The molecule has 1 fully saturated rings. The van der Waals surface area contributed by atoms with E-state index in [0.29, 0.717) is 6.04 Å². The second-order valence-electron chi connectivity index (χ2n) is 7.01. The van der Waals surface area contributed by atoms with Gasteiger partial charge in [-0.15, -0.1) is 0 Å². The quantitative estimate of drug-likeness (QED) is 0.698. The highest BCUT2D eigenvalue weighted by atomic mass is 15.3. The molecule has 0 saturated carbocycles. The number of hydrogen-bond donors (Lipinski definition) is 0. The topological polar surface area (TPSA) is 45.2 Å². The molecule has 3 aromatic rings. The zero-order valence-corrected chi connectivity index (χ0v) is 15.7. The third-order valence-corrected chi connectivity index (χ3v) is 5.26. The predicted molar refractivity (Wildman–Crippen MR) is 107 cm³/mol. The van der Waals surface area contributed by atoms with Gasteiger partial charge in [0, 0.05) is 62.9 Å². The molecule has 1 aromatic carbocycles. The third-order valence-electron chi connectivity index (χ3n) is 5.26. The van der Waals surface area contributed by atoms with Crippen LogP contribution < -0.4 is 0 Å². The summed E-state index contributed by atoms with van der Waals surface area (Å²) in [6, 6.07) is 17.1. The van der Waals surface area contributed by atoms with Crippen molar-refractivity contribution in [2.75, 3.05) is 26.2 Å². The van der Waals surface area contributed by atoms with E-state index in [4.69, 9.17) is 4.98 Å². The molecule has 0 radical (unpaired) electrons. The summed E-state index contributed by atoms with van der Waals surface area (Å²) in [5.41, 5.74) is 3.41. The first-order valence-corrected chi connectivity index (χ1v) is 9.53. The van der Waals surface area contributed by atoms with Crippen LogP contribution in [0.25, 0.3) is 11.4 Å². The van der Waals surface area contributed by atoms with Crippen molar-refractivity contribution in [2.24, 2.45) is 0 Å². The highest BCUT2D eigenvalue weighted by Crippen LogP contribution is 2.22. The molecule has 1 saturated heterocycles. The molecule has 1 atom stereocenters. The number of aromatic nitrogens is 3. The van der Waals surface area contributed by atoms with Gasteiger partial charge < -0.3 is 0 Å². The summed E-state index contributed by atoms with van der Waals surface area (Å²) >= 11 is 0. The Morgan fingerprint density at radius 3 is 2.48 bits per heavy atom. The van der Waals surface area contributed by atoms with Gasteiger partial charge in [-0.25, -0.2) is 9.97 Å². The Morgan fingerprint density at radius 1 is 0.926 bits per heavy atom. The largest absolute Gasteiger partial charge is 0.295 e. The number of hydrogen-bond acceptors (Lipinski definition) is 5. The van der Waals surface area contributed by atoms with Crippen molar-refractivity contribution in [3.05, 3.63) is 78.4 Å². The first kappa shape index (κ1) is 17.8. The minimum Gasteiger partial charge on any atom is -0.295 e. The Balaban J connectivity index is 1.36. The molecule has 0 aliphatic carbocycles. The molecule has 2 aromatic heterocycles. The van der Waals surface area contributed by atoms with E-state index in [1.54, 1.807) is 6.20 Å². The molecular formula is C22H25N5. The van der Waals surface area contributed by atoms with E-state index in [9.17, 15) is 0 Å². The Morgan fingerprint density at radius 2 is 1.74 bits per heavy atom. The van der Waals surface area contributed by atoms with E-state index >= 15 is 0 Å². The minimum atomic E-state index is 0.463. The molecule has 1 aliphatic heterocycles. The lowest BCUT2D eigenvalue weighted by molar-refractivity contribution is 0.0971. The summed E-state index contributed by atoms with van der Waals surface area (Å²) in [5, 5.41) is 0. The Labute approximate surface area is 160 Å². The first-order valence-electron chi connectivity index (χ1n) is 9.53. The average Bonchev–Trinajstić information content (AvgIpc) is 2.75. The molecule has 0 spiro atoms. The maximum atomic E-state index is 4.73. The van der Waals surface area contributed by atoms with Gasteiger partial charge in [0.25, 0.3) is 0 Å². The Kier molecular flexibility index (Phi) is 5.51. The number of rotatable bonds is 5. The molecule has 0 unspecified atom stereocenters. The standard InChI is InChI=1S/C22H25N5/c1-18(19-6-3-2-4-7-19)27-14-12-26(13-15-27)17-21-9-11-24-22(25-21)20-8-5-10-23-16-20/h2-11,16,18H,12-15,17H2,1H3/t18-/m0/s1. The molecule has 0 bridgehead atoms. The van der Waals surface area contributed by atoms with Crippen LogP contribution in [0.4, 0.5) is 0 Å². The number of nitrogens with zero attached hydrogens (tertiary/aromatic N) is 5. The van der Waals surface area contributed by atoms with Gasteiger partial charge in [0.15, 0.2) is 5.82 Å². The van der Waals surface area contributed by atoms with E-state index in [1.165, 1.54) is 5.56 Å². The zero-order chi connectivity index (χ0) is 18.5. The second kappa shape index (κ2) is 8.37. The van der Waals surface area contributed by atoms with Crippen molar-refractivity contribution in [1.29, 1.82) is 0 Å². The van der Waals surface area contributed by atoms with Crippen LogP contribution in [0.2, 0.25) is 0 Å². The van der Waals surface area contributed by atoms with Gasteiger partial charge in [0.2, 0.25) is 0 Å². The molecule has 27 heavy (non-hydrogen) atoms. The summed E-state index contributed by atoms with van der Waals surface area (Å²) in [6.07, 6.45) is 5.42. The number of pyridine rings is 1. The van der Waals surface area contributed by atoms with E-state index in [0.717, 1.165) is 49.8 Å². The fourth-order valence-corrected chi connectivity index (χ4v) is 3.60. The maximum absolute atomic E-state index is 4.73. The average molecular weight is 359 g/mol. The molecule has 1 aliphatic rings. The highest BCUT2D eigenvalue weighted by molar-refractivity contribution is 5.52. The van der Waals surface area contributed by atoms with Crippen molar-refractivity contribution in [2.45, 2.75) is 19.5 Å². The molecule has 5 nitrogen and oxygen atoms in total. The summed E-state index contributed by atoms with van der Waals surface area (Å²) in [4.78, 5) is 18.3. The summed E-state index contributed by atoms with van der Waals surface area (Å²) in [7, 11) is 0. The Bertz CT molecular complexity index is 845. The van der Waals surface area contributed by atoms with Crippen molar-refractivity contribution < 1.29 is 0 Å². The van der Waals surface area contributed by atoms with E-state index < -0.39 is 0 Å². The fourth-order valence-electron chi connectivity index (χ4n) is 3.60. The molecule has 0 N–H and O–H groups in total. The van der Waals surface area contributed by atoms with Crippen LogP contribution in [0, 0.1) is 0 Å². The van der Waals surface area contributed by atoms with Crippen LogP contribution in [-0.2, 0) is 6.54 Å². The summed E-state index contributed by atoms with van der Waals surface area (Å²) in [6.45, 7) is 7.44. The number of benzene rings is 1. The fraction of sp³-hybridized carbons (Fsp3) is 0.318. The van der Waals surface area contributed by atoms with Crippen LogP contribution in [0.3, 0.4) is 0 Å². The van der Waals surface area contributed by atoms with Gasteiger partial charge >= 0.3 is 0 Å². The van der Waals surface area contributed by atoms with Crippen molar-refractivity contribution >= 4 is 0 Å². The van der Waals surface area contributed by atoms with Gasteiger partial charge in [-0.05, 0) is 30.7 Å². The summed E-state index contributed by atoms with van der Waals surface area (Å²) < 4.78 is 0. The van der Waals surface area contributed by atoms with Crippen molar-refractivity contribution in [3.8, 4) is 11.4 Å². The van der Waals surface area contributed by atoms with Crippen LogP contribution in [0.15, 0.2) is 67.1 Å². The lowest BCUT2D eigenvalue weighted by atomic mass is 10.1. The van der Waals surface area contributed by atoms with Crippen LogP contribution >= 0.6 is 0 Å². The maximum Gasteiger partial charge on any atom is 0.160 e. The van der Waals surface area contributed by atoms with Gasteiger partial charge in [-0.2, -0.15) is 0 Å². The smallest absolute Gasteiger partial charge is 0.160 e. The lowest BCUT2D eigenvalue weighted by Gasteiger charge is -2.38. The normalized spacial score (nSPS) is 16.9. The van der Waals surface area contributed by atoms with Gasteiger partial charge in [0.1, 0.15) is 0 Å². The first-order chi connectivity index (χ1) is 13.3. The molecule has 138 valence electrons. The lowest BCUT2D eigenvalue weighted by Crippen LogP contribution is -2.46. The van der Waals surface area contributed by atoms with Crippen LogP contribution in [0.5, 0.6) is 0 Å². The van der Waals surface area contributed by atoms with Crippen LogP contribution in [0.1, 0.15) is 24.2 Å². The van der Waals surface area contributed by atoms with Gasteiger partial charge in [-0.1, -0.05) is 30.3 Å². The zero-order valence-electron chi connectivity index (χ0n) is 15.7. The van der Waals surface area contributed by atoms with Crippen molar-refractivity contribution in [1.82, 2.24) is 24.8 Å². The van der Waals surface area contributed by atoms with Gasteiger partial charge in [-0.3, -0.25) is 14.8 Å². The molecule has 3 heterocycles. The molecular weight excluding hydrogens is 334 g/mol. The second-order valence-corrected chi connectivity index (χ2v) is 7.01.